The first-order chi connectivity index (χ1) is 6.29. The van der Waals surface area contributed by atoms with Crippen LogP contribution in [0.3, 0.4) is 0 Å². The molecule has 2 aromatic rings. The summed E-state index contributed by atoms with van der Waals surface area (Å²) in [6, 6.07) is 7.13. The Hall–Kier alpha value is -1.66. The van der Waals surface area contributed by atoms with E-state index in [1.54, 1.807) is 18.2 Å². The quantitative estimate of drug-likeness (QED) is 0.638. The van der Waals surface area contributed by atoms with Crippen LogP contribution >= 0.6 is 11.6 Å². The van der Waals surface area contributed by atoms with Crippen molar-refractivity contribution in [2.75, 3.05) is 0 Å². The molecule has 1 heterocycles. The lowest BCUT2D eigenvalue weighted by Crippen LogP contribution is -1.84. The van der Waals surface area contributed by atoms with Gasteiger partial charge in [0, 0.05) is 0 Å². The lowest BCUT2D eigenvalue weighted by molar-refractivity contribution is 1.29. The monoisotopic (exact) mass is 189 g/mol. The molecule has 0 fully saturated rings. The van der Waals surface area contributed by atoms with Crippen molar-refractivity contribution in [1.82, 2.24) is 9.97 Å². The summed E-state index contributed by atoms with van der Waals surface area (Å²) in [6.45, 7) is 0. The van der Waals surface area contributed by atoms with E-state index in [1.165, 1.54) is 6.20 Å². The summed E-state index contributed by atoms with van der Waals surface area (Å²) in [5.74, 6) is 0. The molecule has 0 bridgehead atoms. The van der Waals surface area contributed by atoms with Crippen molar-refractivity contribution in [3.05, 3.63) is 35.1 Å². The summed E-state index contributed by atoms with van der Waals surface area (Å²) in [6.07, 6.45) is 1.46. The van der Waals surface area contributed by atoms with Crippen molar-refractivity contribution in [1.29, 1.82) is 5.26 Å². The molecule has 0 aliphatic heterocycles. The van der Waals surface area contributed by atoms with Crippen LogP contribution in [-0.2, 0) is 0 Å². The Morgan fingerprint density at radius 3 is 2.92 bits per heavy atom. The SMILES string of the molecule is N#Cc1ccc2nc(Cl)cnc2c1. The summed E-state index contributed by atoms with van der Waals surface area (Å²) < 4.78 is 0. The van der Waals surface area contributed by atoms with Crippen LogP contribution in [0.5, 0.6) is 0 Å². The number of hydrogen-bond donors (Lipinski definition) is 0. The Kier molecular flexibility index (Phi) is 1.84. The summed E-state index contributed by atoms with van der Waals surface area (Å²) in [5.41, 5.74) is 1.96. The number of benzene rings is 1. The molecule has 0 saturated carbocycles. The van der Waals surface area contributed by atoms with Gasteiger partial charge in [-0.2, -0.15) is 5.26 Å². The zero-order valence-corrected chi connectivity index (χ0v) is 7.28. The highest BCUT2D eigenvalue weighted by atomic mass is 35.5. The molecule has 0 unspecified atom stereocenters. The van der Waals surface area contributed by atoms with E-state index in [0.29, 0.717) is 21.7 Å². The standard InChI is InChI=1S/C9H4ClN3/c10-9-5-12-8-3-6(4-11)1-2-7(8)13-9/h1-3,5H. The highest BCUT2D eigenvalue weighted by Crippen LogP contribution is 2.13. The molecule has 0 aliphatic rings. The van der Waals surface area contributed by atoms with E-state index in [1.807, 2.05) is 6.07 Å². The summed E-state index contributed by atoms with van der Waals surface area (Å²) in [4.78, 5) is 8.09. The van der Waals surface area contributed by atoms with Gasteiger partial charge in [-0.1, -0.05) is 11.6 Å². The smallest absolute Gasteiger partial charge is 0.148 e. The fraction of sp³-hybridized carbons (Fsp3) is 0. The van der Waals surface area contributed by atoms with Crippen LogP contribution in [0.2, 0.25) is 5.15 Å². The fourth-order valence-corrected chi connectivity index (χ4v) is 1.20. The van der Waals surface area contributed by atoms with Gasteiger partial charge in [-0.25, -0.2) is 4.98 Å². The maximum atomic E-state index is 8.63. The molecule has 3 nitrogen and oxygen atoms in total. The van der Waals surface area contributed by atoms with Gasteiger partial charge in [0.2, 0.25) is 0 Å². The van der Waals surface area contributed by atoms with Crippen LogP contribution in [-0.4, -0.2) is 9.97 Å². The van der Waals surface area contributed by atoms with Crippen molar-refractivity contribution in [2.45, 2.75) is 0 Å². The van der Waals surface area contributed by atoms with E-state index in [4.69, 9.17) is 16.9 Å². The van der Waals surface area contributed by atoms with Crippen LogP contribution in [0.1, 0.15) is 5.56 Å². The van der Waals surface area contributed by atoms with E-state index in [0.717, 1.165) is 0 Å². The van der Waals surface area contributed by atoms with Gasteiger partial charge >= 0.3 is 0 Å². The Morgan fingerprint density at radius 2 is 2.15 bits per heavy atom. The van der Waals surface area contributed by atoms with E-state index in [-0.39, 0.29) is 0 Å². The van der Waals surface area contributed by atoms with Crippen LogP contribution in [0.15, 0.2) is 24.4 Å². The molecular weight excluding hydrogens is 186 g/mol. The second-order valence-electron chi connectivity index (χ2n) is 2.51. The molecule has 0 spiro atoms. The molecular formula is C9H4ClN3. The number of halogens is 1. The number of rotatable bonds is 0. The third kappa shape index (κ3) is 1.44. The molecule has 2 rings (SSSR count). The van der Waals surface area contributed by atoms with Gasteiger partial charge in [-0.15, -0.1) is 0 Å². The van der Waals surface area contributed by atoms with Gasteiger partial charge in [0.05, 0.1) is 28.9 Å². The number of aromatic nitrogens is 2. The van der Waals surface area contributed by atoms with Crippen molar-refractivity contribution in [3.63, 3.8) is 0 Å². The van der Waals surface area contributed by atoms with Crippen LogP contribution in [0.25, 0.3) is 11.0 Å². The van der Waals surface area contributed by atoms with Crippen LogP contribution in [0, 0.1) is 11.3 Å². The molecule has 4 heteroatoms. The lowest BCUT2D eigenvalue weighted by atomic mass is 10.2. The van der Waals surface area contributed by atoms with Gasteiger partial charge in [-0.05, 0) is 18.2 Å². The van der Waals surface area contributed by atoms with Gasteiger partial charge in [0.15, 0.2) is 0 Å². The zero-order valence-electron chi connectivity index (χ0n) is 6.53. The second kappa shape index (κ2) is 3.00. The first-order valence-corrected chi connectivity index (χ1v) is 4.00. The molecule has 0 amide bonds. The van der Waals surface area contributed by atoms with Crippen LogP contribution < -0.4 is 0 Å². The van der Waals surface area contributed by atoms with E-state index < -0.39 is 0 Å². The molecule has 0 N–H and O–H groups in total. The minimum Gasteiger partial charge on any atom is -0.251 e. The predicted molar refractivity (Wildman–Crippen MR) is 49.3 cm³/mol. The van der Waals surface area contributed by atoms with Crippen molar-refractivity contribution >= 4 is 22.6 Å². The lowest BCUT2D eigenvalue weighted by Gasteiger charge is -1.96. The van der Waals surface area contributed by atoms with Crippen molar-refractivity contribution in [3.8, 4) is 6.07 Å². The van der Waals surface area contributed by atoms with Crippen molar-refractivity contribution in [2.24, 2.45) is 0 Å². The van der Waals surface area contributed by atoms with Crippen molar-refractivity contribution < 1.29 is 0 Å². The van der Waals surface area contributed by atoms with Gasteiger partial charge < -0.3 is 0 Å². The van der Waals surface area contributed by atoms with Gasteiger partial charge in [-0.3, -0.25) is 4.98 Å². The average Bonchev–Trinajstić information content (AvgIpc) is 2.17. The average molecular weight is 190 g/mol. The Labute approximate surface area is 79.6 Å². The maximum Gasteiger partial charge on any atom is 0.148 e. The molecule has 0 atom stereocenters. The van der Waals surface area contributed by atoms with Crippen LogP contribution in [0.4, 0.5) is 0 Å². The van der Waals surface area contributed by atoms with E-state index in [2.05, 4.69) is 9.97 Å². The highest BCUT2D eigenvalue weighted by molar-refractivity contribution is 6.29. The fourth-order valence-electron chi connectivity index (χ4n) is 1.06. The Bertz CT molecular complexity index is 502. The maximum absolute atomic E-state index is 8.63. The zero-order chi connectivity index (χ0) is 9.26. The van der Waals surface area contributed by atoms with E-state index in [9.17, 15) is 0 Å². The summed E-state index contributed by atoms with van der Waals surface area (Å²) in [5, 5.41) is 8.99. The molecule has 13 heavy (non-hydrogen) atoms. The molecule has 0 saturated heterocycles. The van der Waals surface area contributed by atoms with Gasteiger partial charge in [0.25, 0.3) is 0 Å². The largest absolute Gasteiger partial charge is 0.251 e. The number of nitrogens with zero attached hydrogens (tertiary/aromatic N) is 3. The van der Waals surface area contributed by atoms with E-state index >= 15 is 0 Å². The molecule has 0 radical (unpaired) electrons. The predicted octanol–water partition coefficient (Wildman–Crippen LogP) is 2.15. The summed E-state index contributed by atoms with van der Waals surface area (Å²) in [7, 11) is 0. The topological polar surface area (TPSA) is 49.6 Å². The first-order valence-electron chi connectivity index (χ1n) is 3.62. The highest BCUT2D eigenvalue weighted by Gasteiger charge is 1.98. The third-order valence-corrected chi connectivity index (χ3v) is 1.82. The number of nitriles is 1. The first kappa shape index (κ1) is 7.96. The Balaban J connectivity index is 2.75. The molecule has 0 aliphatic carbocycles. The minimum atomic E-state index is 0.359. The molecule has 1 aromatic heterocycles. The Morgan fingerprint density at radius 1 is 1.31 bits per heavy atom. The summed E-state index contributed by atoms with van der Waals surface area (Å²) >= 11 is 5.65. The minimum absolute atomic E-state index is 0.359. The van der Waals surface area contributed by atoms with Gasteiger partial charge in [0.1, 0.15) is 5.15 Å². The number of hydrogen-bond acceptors (Lipinski definition) is 3. The third-order valence-electron chi connectivity index (χ3n) is 1.64. The normalized spacial score (nSPS) is 9.85. The second-order valence-corrected chi connectivity index (χ2v) is 2.90. The number of fused-ring (bicyclic) bond motifs is 1. The molecule has 1 aromatic carbocycles. The molecule has 62 valence electrons.